The monoisotopic (exact) mass is 373 g/mol. The van der Waals surface area contributed by atoms with E-state index in [-0.39, 0.29) is 18.4 Å². The maximum absolute atomic E-state index is 12.2. The van der Waals surface area contributed by atoms with Crippen LogP contribution in [0.1, 0.15) is 26.3 Å². The quantitative estimate of drug-likeness (QED) is 0.712. The summed E-state index contributed by atoms with van der Waals surface area (Å²) in [5, 5.41) is 9.37. The van der Waals surface area contributed by atoms with Gasteiger partial charge in [0.05, 0.1) is 6.54 Å². The highest BCUT2D eigenvalue weighted by Crippen LogP contribution is 2.23. The fraction of sp³-hybridized carbons (Fsp3) is 0.300. The number of nitrogens with one attached hydrogen (secondary N) is 3. The first-order valence-electron chi connectivity index (χ1n) is 8.37. The Hall–Kier alpha value is -2.53. The van der Waals surface area contributed by atoms with Crippen LogP contribution in [0.4, 0.5) is 17.1 Å². The standard InChI is InChI=1S/C20H24ClN3O2/c1-13-16(21)9-6-10-17(13)24-18(25)12-22-14-7-5-8-15(11-14)23-19(26)20(2,3)4/h5-11,22H,12H2,1-4H3,(H,23,26)(H,24,25). The minimum Gasteiger partial charge on any atom is -0.376 e. The largest absolute Gasteiger partial charge is 0.376 e. The molecule has 0 saturated carbocycles. The molecule has 6 heteroatoms. The van der Waals surface area contributed by atoms with Crippen molar-refractivity contribution in [3.05, 3.63) is 53.1 Å². The summed E-state index contributed by atoms with van der Waals surface area (Å²) in [6, 6.07) is 12.6. The van der Waals surface area contributed by atoms with Gasteiger partial charge in [-0.1, -0.05) is 44.5 Å². The lowest BCUT2D eigenvalue weighted by atomic mass is 9.95. The number of benzene rings is 2. The molecule has 0 aromatic heterocycles. The van der Waals surface area contributed by atoms with Crippen LogP contribution in [0, 0.1) is 12.3 Å². The Morgan fingerprint density at radius 1 is 1.00 bits per heavy atom. The number of amides is 2. The zero-order valence-corrected chi connectivity index (χ0v) is 16.2. The van der Waals surface area contributed by atoms with Crippen molar-refractivity contribution in [3.63, 3.8) is 0 Å². The molecule has 0 radical (unpaired) electrons. The SMILES string of the molecule is Cc1c(Cl)cccc1NC(=O)CNc1cccc(NC(=O)C(C)(C)C)c1. The van der Waals surface area contributed by atoms with Crippen LogP contribution in [-0.4, -0.2) is 18.4 Å². The van der Waals surface area contributed by atoms with E-state index in [1.165, 1.54) is 0 Å². The Bertz CT molecular complexity index is 813. The van der Waals surface area contributed by atoms with Crippen LogP contribution in [0.25, 0.3) is 0 Å². The lowest BCUT2D eigenvalue weighted by Crippen LogP contribution is -2.27. The second-order valence-corrected chi connectivity index (χ2v) is 7.51. The average molecular weight is 374 g/mol. The molecule has 0 fully saturated rings. The van der Waals surface area contributed by atoms with E-state index in [4.69, 9.17) is 11.6 Å². The van der Waals surface area contributed by atoms with Crippen molar-refractivity contribution >= 4 is 40.5 Å². The van der Waals surface area contributed by atoms with Gasteiger partial charge in [0.25, 0.3) is 0 Å². The number of anilines is 3. The fourth-order valence-electron chi connectivity index (χ4n) is 2.15. The third-order valence-electron chi connectivity index (χ3n) is 3.80. The van der Waals surface area contributed by atoms with E-state index < -0.39 is 5.41 Å². The van der Waals surface area contributed by atoms with Crippen molar-refractivity contribution in [2.75, 3.05) is 22.5 Å². The number of halogens is 1. The van der Waals surface area contributed by atoms with Crippen LogP contribution in [0.5, 0.6) is 0 Å². The van der Waals surface area contributed by atoms with E-state index in [1.54, 1.807) is 18.2 Å². The summed E-state index contributed by atoms with van der Waals surface area (Å²) in [4.78, 5) is 24.2. The number of hydrogen-bond donors (Lipinski definition) is 3. The Morgan fingerprint density at radius 2 is 1.65 bits per heavy atom. The summed E-state index contributed by atoms with van der Waals surface area (Å²) in [5.41, 5.74) is 2.47. The second-order valence-electron chi connectivity index (χ2n) is 7.10. The maximum Gasteiger partial charge on any atom is 0.243 e. The lowest BCUT2D eigenvalue weighted by Gasteiger charge is -2.18. The second kappa shape index (κ2) is 8.23. The van der Waals surface area contributed by atoms with E-state index in [0.717, 1.165) is 11.3 Å². The smallest absolute Gasteiger partial charge is 0.243 e. The molecular weight excluding hydrogens is 350 g/mol. The van der Waals surface area contributed by atoms with Crippen molar-refractivity contribution < 1.29 is 9.59 Å². The van der Waals surface area contributed by atoms with E-state index in [1.807, 2.05) is 52.0 Å². The van der Waals surface area contributed by atoms with Gasteiger partial charge in [0.2, 0.25) is 11.8 Å². The summed E-state index contributed by atoms with van der Waals surface area (Å²) >= 11 is 6.06. The van der Waals surface area contributed by atoms with Crippen molar-refractivity contribution in [2.24, 2.45) is 5.41 Å². The first-order valence-corrected chi connectivity index (χ1v) is 8.75. The number of carbonyl (C=O) groups is 2. The Morgan fingerprint density at radius 3 is 2.35 bits per heavy atom. The summed E-state index contributed by atoms with van der Waals surface area (Å²) in [6.45, 7) is 7.52. The van der Waals surface area contributed by atoms with Crippen LogP contribution < -0.4 is 16.0 Å². The van der Waals surface area contributed by atoms with Crippen LogP contribution in [0.2, 0.25) is 5.02 Å². The summed E-state index contributed by atoms with van der Waals surface area (Å²) in [6.07, 6.45) is 0. The molecule has 0 unspecified atom stereocenters. The Balaban J connectivity index is 1.95. The first-order chi connectivity index (χ1) is 12.2. The minimum absolute atomic E-state index is 0.0659. The zero-order valence-electron chi connectivity index (χ0n) is 15.4. The van der Waals surface area contributed by atoms with Crippen LogP contribution in [0.3, 0.4) is 0 Å². The van der Waals surface area contributed by atoms with Gasteiger partial charge in [-0.05, 0) is 42.8 Å². The molecule has 0 heterocycles. The minimum atomic E-state index is -0.474. The molecule has 0 atom stereocenters. The third-order valence-corrected chi connectivity index (χ3v) is 4.21. The van der Waals surface area contributed by atoms with Gasteiger partial charge in [0.1, 0.15) is 0 Å². The molecule has 0 aliphatic heterocycles. The van der Waals surface area contributed by atoms with Gasteiger partial charge in [-0.15, -0.1) is 0 Å². The highest BCUT2D eigenvalue weighted by atomic mass is 35.5. The van der Waals surface area contributed by atoms with Crippen molar-refractivity contribution in [1.82, 2.24) is 0 Å². The molecule has 2 rings (SSSR count). The van der Waals surface area contributed by atoms with Gasteiger partial charge in [-0.3, -0.25) is 9.59 Å². The Labute approximate surface area is 159 Å². The highest BCUT2D eigenvalue weighted by Gasteiger charge is 2.21. The van der Waals surface area contributed by atoms with Crippen molar-refractivity contribution in [2.45, 2.75) is 27.7 Å². The van der Waals surface area contributed by atoms with E-state index in [0.29, 0.717) is 16.4 Å². The molecular formula is C20H24ClN3O2. The average Bonchev–Trinajstić information content (AvgIpc) is 2.57. The normalized spacial score (nSPS) is 11.0. The van der Waals surface area contributed by atoms with Gasteiger partial charge in [-0.25, -0.2) is 0 Å². The predicted molar refractivity (Wildman–Crippen MR) is 108 cm³/mol. The third kappa shape index (κ3) is 5.49. The van der Waals surface area contributed by atoms with E-state index in [9.17, 15) is 9.59 Å². The maximum atomic E-state index is 12.2. The molecule has 0 aliphatic carbocycles. The summed E-state index contributed by atoms with van der Waals surface area (Å²) in [5.74, 6) is -0.247. The highest BCUT2D eigenvalue weighted by molar-refractivity contribution is 6.31. The fourth-order valence-corrected chi connectivity index (χ4v) is 2.32. The predicted octanol–water partition coefficient (Wildman–Crippen LogP) is 4.68. The molecule has 5 nitrogen and oxygen atoms in total. The summed E-state index contributed by atoms with van der Waals surface area (Å²) < 4.78 is 0. The first kappa shape index (κ1) is 19.8. The van der Waals surface area contributed by atoms with Gasteiger partial charge < -0.3 is 16.0 Å². The number of rotatable bonds is 5. The zero-order chi connectivity index (χ0) is 19.3. The molecule has 0 aliphatic rings. The van der Waals surface area contributed by atoms with Gasteiger partial charge >= 0.3 is 0 Å². The molecule has 2 aromatic carbocycles. The molecule has 0 spiro atoms. The Kier molecular flexibility index (Phi) is 6.27. The van der Waals surface area contributed by atoms with Crippen LogP contribution in [-0.2, 0) is 9.59 Å². The summed E-state index contributed by atoms with van der Waals surface area (Å²) in [7, 11) is 0. The van der Waals surface area contributed by atoms with Gasteiger partial charge in [0.15, 0.2) is 0 Å². The van der Waals surface area contributed by atoms with E-state index in [2.05, 4.69) is 16.0 Å². The van der Waals surface area contributed by atoms with E-state index >= 15 is 0 Å². The number of carbonyl (C=O) groups excluding carboxylic acids is 2. The molecule has 3 N–H and O–H groups in total. The van der Waals surface area contributed by atoms with Crippen molar-refractivity contribution in [1.29, 1.82) is 0 Å². The van der Waals surface area contributed by atoms with Gasteiger partial charge in [0, 0.05) is 27.5 Å². The molecule has 26 heavy (non-hydrogen) atoms. The lowest BCUT2D eigenvalue weighted by molar-refractivity contribution is -0.123. The molecule has 2 amide bonds. The van der Waals surface area contributed by atoms with Crippen LogP contribution in [0.15, 0.2) is 42.5 Å². The molecule has 2 aromatic rings. The van der Waals surface area contributed by atoms with Crippen molar-refractivity contribution in [3.8, 4) is 0 Å². The van der Waals surface area contributed by atoms with Crippen LogP contribution >= 0.6 is 11.6 Å². The molecule has 0 saturated heterocycles. The topological polar surface area (TPSA) is 70.2 Å². The van der Waals surface area contributed by atoms with Gasteiger partial charge in [-0.2, -0.15) is 0 Å². The molecule has 0 bridgehead atoms. The molecule has 138 valence electrons. The number of hydrogen-bond acceptors (Lipinski definition) is 3.